The summed E-state index contributed by atoms with van der Waals surface area (Å²) in [6.07, 6.45) is 0.277. The van der Waals surface area contributed by atoms with Gasteiger partial charge in [0, 0.05) is 42.7 Å². The van der Waals surface area contributed by atoms with Crippen LogP contribution in [0.2, 0.25) is 0 Å². The monoisotopic (exact) mass is 427 g/mol. The lowest BCUT2D eigenvalue weighted by atomic mass is 9.95. The quantitative estimate of drug-likeness (QED) is 0.668. The van der Waals surface area contributed by atoms with Crippen LogP contribution in [0.5, 0.6) is 0 Å². The van der Waals surface area contributed by atoms with Crippen molar-refractivity contribution in [3.63, 3.8) is 0 Å². The summed E-state index contributed by atoms with van der Waals surface area (Å²) in [7, 11) is 0. The maximum Gasteiger partial charge on any atom is 0.416 e. The van der Waals surface area contributed by atoms with Gasteiger partial charge in [0.15, 0.2) is 5.82 Å². The number of carbonyl (C=O) groups is 1. The third-order valence-electron chi connectivity index (χ3n) is 5.28. The Morgan fingerprint density at radius 1 is 1.00 bits per heavy atom. The van der Waals surface area contributed by atoms with Gasteiger partial charge in [0.25, 0.3) is 0 Å². The molecule has 3 heterocycles. The Labute approximate surface area is 177 Å². The van der Waals surface area contributed by atoms with E-state index >= 15 is 0 Å². The number of benzene rings is 1. The molecule has 0 aliphatic carbocycles. The number of anilines is 2. The van der Waals surface area contributed by atoms with Crippen LogP contribution in [0.25, 0.3) is 11.3 Å². The number of hydrogen-bond acceptors (Lipinski definition) is 5. The second-order valence-corrected chi connectivity index (χ2v) is 7.34. The predicted molar refractivity (Wildman–Crippen MR) is 110 cm³/mol. The number of piperidine rings is 1. The summed E-state index contributed by atoms with van der Waals surface area (Å²) < 4.78 is 38.0. The van der Waals surface area contributed by atoms with Gasteiger partial charge in [-0.25, -0.2) is 0 Å². The number of nitrogens with zero attached hydrogens (tertiary/aromatic N) is 4. The fraction of sp³-hybridized carbons (Fsp3) is 0.273. The second-order valence-electron chi connectivity index (χ2n) is 7.34. The number of hydrogen-bond donors (Lipinski definition) is 1. The molecule has 1 aromatic carbocycles. The fourth-order valence-electron chi connectivity index (χ4n) is 3.52. The highest BCUT2D eigenvalue weighted by molar-refractivity contribution is 5.92. The summed E-state index contributed by atoms with van der Waals surface area (Å²) in [6.45, 7) is 1.29. The zero-order valence-corrected chi connectivity index (χ0v) is 16.5. The molecule has 9 heteroatoms. The Kier molecular flexibility index (Phi) is 5.83. The molecule has 2 aromatic heterocycles. The van der Waals surface area contributed by atoms with Crippen molar-refractivity contribution in [3.05, 3.63) is 66.5 Å². The van der Waals surface area contributed by atoms with Crippen LogP contribution in [0.3, 0.4) is 0 Å². The third kappa shape index (κ3) is 4.99. The van der Waals surface area contributed by atoms with E-state index in [4.69, 9.17) is 0 Å². The maximum absolute atomic E-state index is 12.7. The van der Waals surface area contributed by atoms with Crippen LogP contribution < -0.4 is 10.2 Å². The van der Waals surface area contributed by atoms with Gasteiger partial charge in [-0.05, 0) is 61.4 Å². The van der Waals surface area contributed by atoms with Crippen molar-refractivity contribution < 1.29 is 18.0 Å². The van der Waals surface area contributed by atoms with Crippen LogP contribution in [0.4, 0.5) is 24.7 Å². The molecular formula is C22H20F3N5O. The Hall–Kier alpha value is -3.49. The van der Waals surface area contributed by atoms with E-state index in [1.165, 1.54) is 12.1 Å². The normalized spacial score (nSPS) is 15.0. The number of alkyl halides is 3. The van der Waals surface area contributed by atoms with E-state index in [-0.39, 0.29) is 11.8 Å². The highest BCUT2D eigenvalue weighted by atomic mass is 19.4. The first-order valence-electron chi connectivity index (χ1n) is 9.87. The molecule has 1 aliphatic rings. The molecule has 0 unspecified atom stereocenters. The van der Waals surface area contributed by atoms with Crippen molar-refractivity contribution in [2.24, 2.45) is 5.92 Å². The lowest BCUT2D eigenvalue weighted by Gasteiger charge is -2.31. The third-order valence-corrected chi connectivity index (χ3v) is 5.28. The zero-order valence-electron chi connectivity index (χ0n) is 16.5. The first kappa shape index (κ1) is 20.8. The van der Waals surface area contributed by atoms with Gasteiger partial charge in [0.05, 0.1) is 11.3 Å². The minimum absolute atomic E-state index is 0.183. The van der Waals surface area contributed by atoms with Crippen molar-refractivity contribution in [3.8, 4) is 11.3 Å². The molecule has 1 N–H and O–H groups in total. The molecule has 1 aliphatic heterocycles. The van der Waals surface area contributed by atoms with Gasteiger partial charge in [-0.2, -0.15) is 13.2 Å². The van der Waals surface area contributed by atoms with Gasteiger partial charge >= 0.3 is 6.18 Å². The molecule has 4 rings (SSSR count). The topological polar surface area (TPSA) is 71.0 Å². The molecule has 1 fully saturated rings. The Bertz CT molecular complexity index is 1020. The number of amides is 1. The Morgan fingerprint density at radius 3 is 2.32 bits per heavy atom. The lowest BCUT2D eigenvalue weighted by Crippen LogP contribution is -2.38. The largest absolute Gasteiger partial charge is 0.416 e. The number of carbonyl (C=O) groups excluding carboxylic acids is 1. The molecule has 31 heavy (non-hydrogen) atoms. The number of pyridine rings is 1. The molecule has 3 aromatic rings. The first-order chi connectivity index (χ1) is 14.9. The van der Waals surface area contributed by atoms with Crippen molar-refractivity contribution in [2.75, 3.05) is 23.3 Å². The van der Waals surface area contributed by atoms with Gasteiger partial charge in [-0.3, -0.25) is 9.78 Å². The van der Waals surface area contributed by atoms with E-state index in [9.17, 15) is 18.0 Å². The molecule has 0 saturated carbocycles. The summed E-state index contributed by atoms with van der Waals surface area (Å²) >= 11 is 0. The molecule has 0 spiro atoms. The Balaban J connectivity index is 1.31. The SMILES string of the molecule is O=C(Nc1ccc(C(F)(F)F)cc1)C1CCN(c2ccc(-c3cccnc3)nn2)CC1. The van der Waals surface area contributed by atoms with E-state index in [0.717, 1.165) is 29.2 Å². The number of rotatable bonds is 4. The summed E-state index contributed by atoms with van der Waals surface area (Å²) in [5, 5.41) is 11.3. The highest BCUT2D eigenvalue weighted by Gasteiger charge is 2.30. The van der Waals surface area contributed by atoms with Crippen LogP contribution in [0.15, 0.2) is 60.9 Å². The smallest absolute Gasteiger partial charge is 0.355 e. The lowest BCUT2D eigenvalue weighted by molar-refractivity contribution is -0.137. The van der Waals surface area contributed by atoms with E-state index < -0.39 is 11.7 Å². The molecule has 160 valence electrons. The van der Waals surface area contributed by atoms with Gasteiger partial charge in [-0.1, -0.05) is 0 Å². The van der Waals surface area contributed by atoms with Gasteiger partial charge in [-0.15, -0.1) is 10.2 Å². The van der Waals surface area contributed by atoms with Gasteiger partial charge < -0.3 is 10.2 Å². The number of aromatic nitrogens is 3. The van der Waals surface area contributed by atoms with E-state index in [1.807, 2.05) is 24.3 Å². The molecule has 0 radical (unpaired) electrons. The molecule has 0 bridgehead atoms. The van der Waals surface area contributed by atoms with E-state index in [1.54, 1.807) is 12.4 Å². The second kappa shape index (κ2) is 8.71. The molecule has 0 atom stereocenters. The number of nitrogens with one attached hydrogen (secondary N) is 1. The molecule has 1 amide bonds. The van der Waals surface area contributed by atoms with Crippen LogP contribution in [0.1, 0.15) is 18.4 Å². The summed E-state index contributed by atoms with van der Waals surface area (Å²) in [6, 6.07) is 12.0. The van der Waals surface area contributed by atoms with Crippen molar-refractivity contribution in [1.29, 1.82) is 0 Å². The Morgan fingerprint density at radius 2 is 1.74 bits per heavy atom. The number of halogens is 3. The van der Waals surface area contributed by atoms with Crippen LogP contribution in [-0.4, -0.2) is 34.2 Å². The standard InChI is InChI=1S/C22H20F3N5O/c23-22(24,25)17-3-5-18(6-4-17)27-21(31)15-9-12-30(13-10-15)20-8-7-19(28-29-20)16-2-1-11-26-14-16/h1-8,11,14-15H,9-10,12-13H2,(H,27,31). The van der Waals surface area contributed by atoms with Crippen LogP contribution >= 0.6 is 0 Å². The highest BCUT2D eigenvalue weighted by Crippen LogP contribution is 2.30. The van der Waals surface area contributed by atoms with Crippen LogP contribution in [-0.2, 0) is 11.0 Å². The first-order valence-corrected chi connectivity index (χ1v) is 9.87. The van der Waals surface area contributed by atoms with Crippen molar-refractivity contribution in [2.45, 2.75) is 19.0 Å². The average molecular weight is 427 g/mol. The maximum atomic E-state index is 12.7. The minimum atomic E-state index is -4.39. The average Bonchev–Trinajstić information content (AvgIpc) is 2.80. The summed E-state index contributed by atoms with van der Waals surface area (Å²) in [5.74, 6) is 0.354. The summed E-state index contributed by atoms with van der Waals surface area (Å²) in [4.78, 5) is 18.7. The van der Waals surface area contributed by atoms with Gasteiger partial charge in [0.2, 0.25) is 5.91 Å². The summed E-state index contributed by atoms with van der Waals surface area (Å²) in [5.41, 5.74) is 1.25. The van der Waals surface area contributed by atoms with Gasteiger partial charge in [0.1, 0.15) is 0 Å². The molecule has 1 saturated heterocycles. The van der Waals surface area contributed by atoms with E-state index in [0.29, 0.717) is 31.6 Å². The predicted octanol–water partition coefficient (Wildman–Crippen LogP) is 4.41. The molecular weight excluding hydrogens is 407 g/mol. The van der Waals surface area contributed by atoms with Crippen molar-refractivity contribution >= 4 is 17.4 Å². The minimum Gasteiger partial charge on any atom is -0.355 e. The van der Waals surface area contributed by atoms with E-state index in [2.05, 4.69) is 25.4 Å². The van der Waals surface area contributed by atoms with Crippen LogP contribution in [0, 0.1) is 5.92 Å². The van der Waals surface area contributed by atoms with Crippen molar-refractivity contribution in [1.82, 2.24) is 15.2 Å². The zero-order chi connectivity index (χ0) is 21.8. The molecule has 6 nitrogen and oxygen atoms in total. The fourth-order valence-corrected chi connectivity index (χ4v) is 3.52.